The number of benzene rings is 2. The van der Waals surface area contributed by atoms with Gasteiger partial charge < -0.3 is 9.11 Å². The van der Waals surface area contributed by atoms with Gasteiger partial charge in [0.15, 0.2) is 0 Å². The van der Waals surface area contributed by atoms with Crippen LogP contribution >= 0.6 is 10.9 Å². The van der Waals surface area contributed by atoms with E-state index in [1.807, 2.05) is 0 Å². The van der Waals surface area contributed by atoms with E-state index in [4.69, 9.17) is 4.28 Å². The first-order chi connectivity index (χ1) is 11.8. The Morgan fingerprint density at radius 1 is 1.00 bits per heavy atom. The summed E-state index contributed by atoms with van der Waals surface area (Å²) in [5.41, 5.74) is 1.41. The molecule has 1 aliphatic rings. The van der Waals surface area contributed by atoms with Gasteiger partial charge in [0.2, 0.25) is 0 Å². The SMILES string of the molecule is CCC(C)c1ccc(S(O)(O)ON2C(=O)c3ccccc3C2=O)cc1. The van der Waals surface area contributed by atoms with E-state index in [9.17, 15) is 18.7 Å². The van der Waals surface area contributed by atoms with Crippen LogP contribution in [0.1, 0.15) is 52.5 Å². The molecule has 7 heteroatoms. The summed E-state index contributed by atoms with van der Waals surface area (Å²) >= 11 is 0. The summed E-state index contributed by atoms with van der Waals surface area (Å²) < 4.78 is 25.7. The third kappa shape index (κ3) is 3.19. The van der Waals surface area contributed by atoms with Crippen molar-refractivity contribution in [3.8, 4) is 0 Å². The maximum absolute atomic E-state index is 12.3. The monoisotopic (exact) mass is 361 g/mol. The molecule has 2 N–H and O–H groups in total. The summed E-state index contributed by atoms with van der Waals surface area (Å²) in [7, 11) is -3.79. The minimum atomic E-state index is -3.79. The molecule has 6 nitrogen and oxygen atoms in total. The number of hydrogen-bond acceptors (Lipinski definition) is 5. The molecular weight excluding hydrogens is 342 g/mol. The molecule has 1 aliphatic heterocycles. The van der Waals surface area contributed by atoms with Crippen LogP contribution in [0.4, 0.5) is 0 Å². The quantitative estimate of drug-likeness (QED) is 0.768. The lowest BCUT2D eigenvalue weighted by Crippen LogP contribution is -2.31. The van der Waals surface area contributed by atoms with Crippen molar-refractivity contribution in [3.63, 3.8) is 0 Å². The van der Waals surface area contributed by atoms with E-state index in [0.717, 1.165) is 12.0 Å². The van der Waals surface area contributed by atoms with Gasteiger partial charge in [0.25, 0.3) is 11.8 Å². The van der Waals surface area contributed by atoms with E-state index in [1.54, 1.807) is 24.3 Å². The minimum Gasteiger partial charge on any atom is -0.303 e. The normalized spacial score (nSPS) is 16.1. The largest absolute Gasteiger partial charge is 0.303 e. The molecule has 2 aromatic rings. The van der Waals surface area contributed by atoms with Crippen LogP contribution in [0.15, 0.2) is 53.4 Å². The number of carbonyl (C=O) groups excluding carboxylic acids is 2. The van der Waals surface area contributed by atoms with Crippen LogP contribution in [0.25, 0.3) is 0 Å². The Morgan fingerprint density at radius 3 is 2.00 bits per heavy atom. The lowest BCUT2D eigenvalue weighted by Gasteiger charge is -2.29. The lowest BCUT2D eigenvalue weighted by atomic mass is 9.99. The highest BCUT2D eigenvalue weighted by atomic mass is 32.3. The molecule has 1 heterocycles. The number of hydroxylamine groups is 2. The second-order valence-corrected chi connectivity index (χ2v) is 7.51. The van der Waals surface area contributed by atoms with Crippen molar-refractivity contribution in [2.24, 2.45) is 0 Å². The number of nitrogens with zero attached hydrogens (tertiary/aromatic N) is 1. The standard InChI is InChI=1S/C18H19NO5S/c1-3-12(2)13-8-10-14(11-9-13)25(22,23)24-19-17(20)15-6-4-5-7-16(15)18(19)21/h4-12,22-23H,3H2,1-2H3. The van der Waals surface area contributed by atoms with Gasteiger partial charge in [-0.05, 0) is 42.2 Å². The van der Waals surface area contributed by atoms with Crippen LogP contribution in [0, 0.1) is 0 Å². The number of fused-ring (bicyclic) bond motifs is 1. The molecule has 0 saturated carbocycles. The Kier molecular flexibility index (Phi) is 4.66. The van der Waals surface area contributed by atoms with Crippen LogP contribution in [0.3, 0.4) is 0 Å². The summed E-state index contributed by atoms with van der Waals surface area (Å²) in [6, 6.07) is 12.9. The van der Waals surface area contributed by atoms with Crippen LogP contribution in [-0.2, 0) is 4.28 Å². The van der Waals surface area contributed by atoms with Gasteiger partial charge in [0, 0.05) is 0 Å². The van der Waals surface area contributed by atoms with E-state index in [-0.39, 0.29) is 16.0 Å². The van der Waals surface area contributed by atoms with E-state index in [1.165, 1.54) is 24.3 Å². The smallest absolute Gasteiger partial charge is 0.286 e. The Morgan fingerprint density at radius 2 is 1.52 bits per heavy atom. The van der Waals surface area contributed by atoms with E-state index < -0.39 is 22.7 Å². The molecule has 3 rings (SSSR count). The molecule has 1 unspecified atom stereocenters. The molecule has 0 bridgehead atoms. The van der Waals surface area contributed by atoms with Crippen molar-refractivity contribution in [1.29, 1.82) is 0 Å². The van der Waals surface area contributed by atoms with Crippen molar-refractivity contribution >= 4 is 22.7 Å². The molecule has 25 heavy (non-hydrogen) atoms. The molecule has 0 spiro atoms. The first kappa shape index (κ1) is 17.6. The fourth-order valence-electron chi connectivity index (χ4n) is 2.59. The molecular formula is C18H19NO5S. The highest BCUT2D eigenvalue weighted by Crippen LogP contribution is 2.51. The molecule has 0 fully saturated rings. The third-order valence-corrected chi connectivity index (χ3v) is 5.55. The molecule has 0 aromatic heterocycles. The second kappa shape index (κ2) is 6.61. The average molecular weight is 361 g/mol. The summed E-state index contributed by atoms with van der Waals surface area (Å²) in [5, 5.41) is 0.419. The van der Waals surface area contributed by atoms with Crippen molar-refractivity contribution in [3.05, 3.63) is 65.2 Å². The molecule has 2 amide bonds. The van der Waals surface area contributed by atoms with Crippen molar-refractivity contribution < 1.29 is 23.0 Å². The lowest BCUT2D eigenvalue weighted by molar-refractivity contribution is -0.0182. The fourth-order valence-corrected chi connectivity index (χ4v) is 3.51. The Bertz CT molecular complexity index is 783. The summed E-state index contributed by atoms with van der Waals surface area (Å²) in [6.07, 6.45) is 0.959. The highest BCUT2D eigenvalue weighted by Gasteiger charge is 2.41. The van der Waals surface area contributed by atoms with Crippen molar-refractivity contribution in [2.75, 3.05) is 0 Å². The number of imide groups is 1. The molecule has 0 saturated heterocycles. The van der Waals surface area contributed by atoms with Gasteiger partial charge in [-0.1, -0.05) is 38.1 Å². The van der Waals surface area contributed by atoms with E-state index in [0.29, 0.717) is 11.0 Å². The fraction of sp³-hybridized carbons (Fsp3) is 0.222. The maximum Gasteiger partial charge on any atom is 0.286 e. The minimum absolute atomic E-state index is 0.108. The van der Waals surface area contributed by atoms with Gasteiger partial charge in [0.1, 0.15) is 10.9 Å². The van der Waals surface area contributed by atoms with E-state index >= 15 is 0 Å². The van der Waals surface area contributed by atoms with Crippen molar-refractivity contribution in [2.45, 2.75) is 31.1 Å². The molecule has 0 radical (unpaired) electrons. The van der Waals surface area contributed by atoms with Crippen molar-refractivity contribution in [1.82, 2.24) is 5.06 Å². The predicted molar refractivity (Wildman–Crippen MR) is 94.3 cm³/mol. The zero-order chi connectivity index (χ0) is 18.2. The molecule has 0 aliphatic carbocycles. The summed E-state index contributed by atoms with van der Waals surface area (Å²) in [4.78, 5) is 24.6. The van der Waals surface area contributed by atoms with E-state index in [2.05, 4.69) is 13.8 Å². The van der Waals surface area contributed by atoms with Gasteiger partial charge in [-0.3, -0.25) is 9.59 Å². The molecule has 1 atom stereocenters. The van der Waals surface area contributed by atoms with Crippen LogP contribution < -0.4 is 0 Å². The summed E-state index contributed by atoms with van der Waals surface area (Å²) in [6.45, 7) is 4.14. The van der Waals surface area contributed by atoms with Gasteiger partial charge in [-0.2, -0.15) is 4.28 Å². The zero-order valence-corrected chi connectivity index (χ0v) is 14.7. The number of hydrogen-bond donors (Lipinski definition) is 2. The van der Waals surface area contributed by atoms with Gasteiger partial charge >= 0.3 is 0 Å². The maximum atomic E-state index is 12.3. The van der Waals surface area contributed by atoms with Gasteiger partial charge in [-0.15, -0.1) is 5.06 Å². The summed E-state index contributed by atoms with van der Waals surface area (Å²) in [5.74, 6) is -1.08. The Balaban J connectivity index is 1.82. The highest BCUT2D eigenvalue weighted by molar-refractivity contribution is 8.20. The second-order valence-electron chi connectivity index (χ2n) is 5.90. The number of rotatable bonds is 5. The predicted octanol–water partition coefficient (Wildman–Crippen LogP) is 4.45. The number of carbonyl (C=O) groups is 2. The number of amides is 2. The topological polar surface area (TPSA) is 87.1 Å². The van der Waals surface area contributed by atoms with Gasteiger partial charge in [0.05, 0.1) is 16.0 Å². The Labute approximate surface area is 147 Å². The third-order valence-electron chi connectivity index (χ3n) is 4.30. The van der Waals surface area contributed by atoms with Gasteiger partial charge in [-0.25, -0.2) is 0 Å². The first-order valence-electron chi connectivity index (χ1n) is 7.90. The first-order valence-corrected chi connectivity index (χ1v) is 9.38. The molecule has 132 valence electrons. The zero-order valence-electron chi connectivity index (χ0n) is 13.9. The average Bonchev–Trinajstić information content (AvgIpc) is 2.86. The molecule has 2 aromatic carbocycles. The van der Waals surface area contributed by atoms with Crippen LogP contribution in [-0.4, -0.2) is 26.0 Å². The van der Waals surface area contributed by atoms with Crippen LogP contribution in [0.5, 0.6) is 0 Å². The Hall–Kier alpha value is -2.19. The van der Waals surface area contributed by atoms with Crippen LogP contribution in [0.2, 0.25) is 0 Å².